The van der Waals surface area contributed by atoms with E-state index in [0.29, 0.717) is 12.2 Å². The van der Waals surface area contributed by atoms with Crippen molar-refractivity contribution >= 4 is 5.91 Å². The van der Waals surface area contributed by atoms with Crippen LogP contribution in [0.5, 0.6) is 0 Å². The first-order valence-electron chi connectivity index (χ1n) is 4.91. The summed E-state index contributed by atoms with van der Waals surface area (Å²) in [4.78, 5) is 15.8. The van der Waals surface area contributed by atoms with Gasteiger partial charge >= 0.3 is 0 Å². The van der Waals surface area contributed by atoms with Gasteiger partial charge in [-0.3, -0.25) is 9.63 Å². The molecule has 0 saturated carbocycles. The molecule has 0 aromatic rings. The summed E-state index contributed by atoms with van der Waals surface area (Å²) in [7, 11) is 0. The molecule has 0 saturated heterocycles. The predicted octanol–water partition coefficient (Wildman–Crippen LogP) is 2.36. The lowest BCUT2D eigenvalue weighted by molar-refractivity contribution is -0.128. The molecule has 0 radical (unpaired) electrons. The van der Waals surface area contributed by atoms with Crippen molar-refractivity contribution in [1.29, 1.82) is 0 Å². The van der Waals surface area contributed by atoms with E-state index in [0.717, 1.165) is 6.42 Å². The number of hydroxylamine groups is 1. The van der Waals surface area contributed by atoms with Crippen molar-refractivity contribution in [1.82, 2.24) is 5.48 Å². The maximum atomic E-state index is 10.9. The van der Waals surface area contributed by atoms with Crippen molar-refractivity contribution < 1.29 is 9.63 Å². The number of carbonyl (C=O) groups is 1. The fourth-order valence-electron chi connectivity index (χ4n) is 0.750. The quantitative estimate of drug-likeness (QED) is 0.294. The van der Waals surface area contributed by atoms with Gasteiger partial charge in [0.2, 0.25) is 0 Å². The molecule has 0 heterocycles. The zero-order chi connectivity index (χ0) is 10.8. The second-order valence-electron chi connectivity index (χ2n) is 3.14. The van der Waals surface area contributed by atoms with E-state index in [2.05, 4.69) is 25.1 Å². The summed E-state index contributed by atoms with van der Waals surface area (Å²) < 4.78 is 0. The molecule has 1 N–H and O–H groups in total. The van der Waals surface area contributed by atoms with E-state index in [-0.39, 0.29) is 5.91 Å². The van der Waals surface area contributed by atoms with Gasteiger partial charge in [-0.1, -0.05) is 38.5 Å². The first-order valence-corrected chi connectivity index (χ1v) is 4.91. The lowest BCUT2D eigenvalue weighted by Crippen LogP contribution is -2.23. The Morgan fingerprint density at radius 3 is 2.79 bits per heavy atom. The molecular formula is C11H19NO2. The smallest absolute Gasteiger partial charge is 0.269 e. The fraction of sp³-hybridized carbons (Fsp3) is 0.545. The zero-order valence-corrected chi connectivity index (χ0v) is 9.01. The molecule has 3 heteroatoms. The summed E-state index contributed by atoms with van der Waals surface area (Å²) >= 11 is 0. The van der Waals surface area contributed by atoms with E-state index in [1.807, 2.05) is 6.08 Å². The van der Waals surface area contributed by atoms with E-state index in [9.17, 15) is 4.79 Å². The van der Waals surface area contributed by atoms with Crippen molar-refractivity contribution in [2.75, 3.05) is 6.61 Å². The Morgan fingerprint density at radius 1 is 1.50 bits per heavy atom. The molecule has 0 atom stereocenters. The van der Waals surface area contributed by atoms with E-state index in [4.69, 9.17) is 4.84 Å². The molecule has 80 valence electrons. The number of hydrogen-bond acceptors (Lipinski definition) is 2. The van der Waals surface area contributed by atoms with Gasteiger partial charge in [0, 0.05) is 5.57 Å². The summed E-state index contributed by atoms with van der Waals surface area (Å²) in [6.07, 6.45) is 7.39. The summed E-state index contributed by atoms with van der Waals surface area (Å²) in [5, 5.41) is 0. The minimum atomic E-state index is -0.271. The second kappa shape index (κ2) is 8.51. The van der Waals surface area contributed by atoms with Crippen molar-refractivity contribution in [3.63, 3.8) is 0 Å². The Hall–Kier alpha value is -1.09. The third-order valence-electron chi connectivity index (χ3n) is 1.62. The first kappa shape index (κ1) is 12.9. The fourth-order valence-corrected chi connectivity index (χ4v) is 0.750. The number of hydrogen-bond donors (Lipinski definition) is 1. The van der Waals surface area contributed by atoms with Crippen molar-refractivity contribution in [3.05, 3.63) is 24.3 Å². The van der Waals surface area contributed by atoms with Crippen LogP contribution < -0.4 is 5.48 Å². The molecule has 0 aliphatic carbocycles. The molecule has 0 aliphatic rings. The molecule has 0 aromatic carbocycles. The Bertz CT molecular complexity index is 209. The molecule has 0 unspecified atom stereocenters. The number of nitrogens with one attached hydrogen (secondary N) is 1. The molecule has 0 aromatic heterocycles. The van der Waals surface area contributed by atoms with Gasteiger partial charge in [-0.2, -0.15) is 0 Å². The van der Waals surface area contributed by atoms with Gasteiger partial charge in [-0.15, -0.1) is 0 Å². The van der Waals surface area contributed by atoms with Crippen LogP contribution in [0.1, 0.15) is 33.1 Å². The van der Waals surface area contributed by atoms with Crippen molar-refractivity contribution in [2.45, 2.75) is 33.1 Å². The van der Waals surface area contributed by atoms with Crippen LogP contribution in [0, 0.1) is 0 Å². The average Bonchev–Trinajstić information content (AvgIpc) is 2.16. The van der Waals surface area contributed by atoms with Gasteiger partial charge in [0.25, 0.3) is 5.91 Å². The third-order valence-corrected chi connectivity index (χ3v) is 1.62. The molecule has 0 spiro atoms. The highest BCUT2D eigenvalue weighted by Gasteiger charge is 1.98. The number of unbranched alkanes of at least 4 members (excludes halogenated alkanes) is 2. The van der Waals surface area contributed by atoms with E-state index >= 15 is 0 Å². The second-order valence-corrected chi connectivity index (χ2v) is 3.14. The SMILES string of the molecule is C=C(C)C(=O)NOC/C=C/CCCC. The highest BCUT2D eigenvalue weighted by molar-refractivity contribution is 5.91. The zero-order valence-electron chi connectivity index (χ0n) is 9.01. The van der Waals surface area contributed by atoms with Crippen LogP contribution in [0.25, 0.3) is 0 Å². The Kier molecular flexibility index (Phi) is 7.84. The van der Waals surface area contributed by atoms with Crippen LogP contribution in [-0.2, 0) is 9.63 Å². The molecule has 3 nitrogen and oxygen atoms in total. The normalized spacial score (nSPS) is 10.4. The van der Waals surface area contributed by atoms with E-state index in [1.165, 1.54) is 12.8 Å². The molecule has 0 fully saturated rings. The minimum Gasteiger partial charge on any atom is -0.269 e. The van der Waals surface area contributed by atoms with Crippen LogP contribution >= 0.6 is 0 Å². The van der Waals surface area contributed by atoms with Gasteiger partial charge in [0.05, 0.1) is 6.61 Å². The molecule has 0 aliphatic heterocycles. The maximum Gasteiger partial charge on any atom is 0.269 e. The minimum absolute atomic E-state index is 0.271. The lowest BCUT2D eigenvalue weighted by atomic mass is 10.2. The van der Waals surface area contributed by atoms with Crippen molar-refractivity contribution in [3.8, 4) is 0 Å². The first-order chi connectivity index (χ1) is 6.68. The molecular weight excluding hydrogens is 178 g/mol. The highest BCUT2D eigenvalue weighted by Crippen LogP contribution is 1.94. The van der Waals surface area contributed by atoms with Crippen LogP contribution in [0.15, 0.2) is 24.3 Å². The highest BCUT2D eigenvalue weighted by atomic mass is 16.6. The van der Waals surface area contributed by atoms with Gasteiger partial charge in [0.1, 0.15) is 0 Å². The number of amides is 1. The van der Waals surface area contributed by atoms with Crippen LogP contribution in [0.3, 0.4) is 0 Å². The van der Waals surface area contributed by atoms with Gasteiger partial charge in [0.15, 0.2) is 0 Å². The summed E-state index contributed by atoms with van der Waals surface area (Å²) in [6, 6.07) is 0. The van der Waals surface area contributed by atoms with Gasteiger partial charge < -0.3 is 0 Å². The summed E-state index contributed by atoms with van der Waals surface area (Å²) in [5.41, 5.74) is 2.73. The average molecular weight is 197 g/mol. The third kappa shape index (κ3) is 7.55. The largest absolute Gasteiger partial charge is 0.269 e. The predicted molar refractivity (Wildman–Crippen MR) is 57.6 cm³/mol. The summed E-state index contributed by atoms with van der Waals surface area (Å²) in [6.45, 7) is 7.67. The number of carbonyl (C=O) groups excluding carboxylic acids is 1. The Labute approximate surface area is 85.8 Å². The monoisotopic (exact) mass is 197 g/mol. The van der Waals surface area contributed by atoms with E-state index in [1.54, 1.807) is 6.92 Å². The van der Waals surface area contributed by atoms with Gasteiger partial charge in [-0.05, 0) is 13.3 Å². The number of allylic oxidation sites excluding steroid dienone is 1. The van der Waals surface area contributed by atoms with Crippen LogP contribution in [0.4, 0.5) is 0 Å². The van der Waals surface area contributed by atoms with Crippen LogP contribution in [-0.4, -0.2) is 12.5 Å². The van der Waals surface area contributed by atoms with E-state index < -0.39 is 0 Å². The maximum absolute atomic E-state index is 10.9. The summed E-state index contributed by atoms with van der Waals surface area (Å²) in [5.74, 6) is -0.271. The molecule has 0 bridgehead atoms. The number of rotatable bonds is 7. The Balaban J connectivity index is 3.33. The molecule has 1 amide bonds. The van der Waals surface area contributed by atoms with Crippen molar-refractivity contribution in [2.24, 2.45) is 0 Å². The molecule has 0 rings (SSSR count). The Morgan fingerprint density at radius 2 is 2.21 bits per heavy atom. The topological polar surface area (TPSA) is 38.3 Å². The standard InChI is InChI=1S/C11H19NO2/c1-4-5-6-7-8-9-14-12-11(13)10(2)3/h7-8H,2,4-6,9H2,1,3H3,(H,12,13)/b8-7+. The van der Waals surface area contributed by atoms with Crippen LogP contribution in [0.2, 0.25) is 0 Å². The van der Waals surface area contributed by atoms with Gasteiger partial charge in [-0.25, -0.2) is 5.48 Å². The molecule has 14 heavy (non-hydrogen) atoms. The lowest BCUT2D eigenvalue weighted by Gasteiger charge is -2.01.